The molecule has 1 aliphatic rings. The minimum absolute atomic E-state index is 0.230. The lowest BCUT2D eigenvalue weighted by atomic mass is 10.0. The highest BCUT2D eigenvalue weighted by Crippen LogP contribution is 2.38. The van der Waals surface area contributed by atoms with Gasteiger partial charge < -0.3 is 23.4 Å². The Labute approximate surface area is 367 Å². The summed E-state index contributed by atoms with van der Waals surface area (Å²) in [6.07, 6.45) is 0.558. The van der Waals surface area contributed by atoms with Gasteiger partial charge in [0.2, 0.25) is 0 Å². The van der Waals surface area contributed by atoms with Gasteiger partial charge in [-0.3, -0.25) is 0 Å². The molecule has 320 valence electrons. The Balaban J connectivity index is 1.10. The molecule has 0 aliphatic carbocycles. The molecule has 2 heterocycles. The summed E-state index contributed by atoms with van der Waals surface area (Å²) in [5.74, 6) is 0. The molecule has 10 heteroatoms. The maximum atomic E-state index is 13.9. The van der Waals surface area contributed by atoms with E-state index in [-0.39, 0.29) is 29.3 Å². The number of para-hydroxylation sites is 1. The predicted octanol–water partition coefficient (Wildman–Crippen LogP) is 9.30. The Morgan fingerprint density at radius 3 is 1.69 bits per heavy atom. The maximum Gasteiger partial charge on any atom is 0.268 e. The van der Waals surface area contributed by atoms with Crippen LogP contribution >= 0.6 is 0 Å². The second-order valence-electron chi connectivity index (χ2n) is 16.8. The Hall–Kier alpha value is -5.17. The van der Waals surface area contributed by atoms with Crippen LogP contribution in [0.3, 0.4) is 0 Å². The van der Waals surface area contributed by atoms with E-state index in [2.05, 4.69) is 81.4 Å². The van der Waals surface area contributed by atoms with Crippen molar-refractivity contribution < 1.29 is 31.8 Å². The molecule has 0 spiro atoms. The number of hydrogen-bond acceptors (Lipinski definition) is 7. The van der Waals surface area contributed by atoms with Gasteiger partial charge in [0.05, 0.1) is 42.9 Å². The fraction of sp³-hybridized carbons (Fsp3) is 0.269. The van der Waals surface area contributed by atoms with Gasteiger partial charge in [-0.2, -0.15) is 0 Å². The molecule has 62 heavy (non-hydrogen) atoms. The Kier molecular flexibility index (Phi) is 13.7. The normalized spacial score (nSPS) is 18.5. The van der Waals surface area contributed by atoms with E-state index >= 15 is 0 Å². The number of fused-ring (bicyclic) bond motifs is 1. The Morgan fingerprint density at radius 1 is 0.629 bits per heavy atom. The molecular formula is C52H55NO7SSi. The van der Waals surface area contributed by atoms with E-state index in [1.807, 2.05) is 91.0 Å². The zero-order chi connectivity index (χ0) is 43.0. The van der Waals surface area contributed by atoms with Crippen molar-refractivity contribution in [3.63, 3.8) is 0 Å². The van der Waals surface area contributed by atoms with Crippen LogP contribution in [0.25, 0.3) is 10.9 Å². The fourth-order valence-electron chi connectivity index (χ4n) is 8.59. The first-order valence-electron chi connectivity index (χ1n) is 21.4. The van der Waals surface area contributed by atoms with E-state index in [0.29, 0.717) is 31.6 Å². The lowest BCUT2D eigenvalue weighted by Gasteiger charge is -2.46. The van der Waals surface area contributed by atoms with Gasteiger partial charge in [0, 0.05) is 18.0 Å². The van der Waals surface area contributed by atoms with Gasteiger partial charge in [0.25, 0.3) is 18.3 Å². The average molecular weight is 866 g/mol. The van der Waals surface area contributed by atoms with Crippen molar-refractivity contribution in [3.8, 4) is 0 Å². The van der Waals surface area contributed by atoms with E-state index in [0.717, 1.165) is 22.1 Å². The molecule has 1 aliphatic heterocycles. The van der Waals surface area contributed by atoms with Crippen molar-refractivity contribution in [2.45, 2.75) is 81.4 Å². The molecule has 7 aromatic rings. The first-order chi connectivity index (χ1) is 30.1. The fourth-order valence-corrected chi connectivity index (χ4v) is 14.6. The predicted molar refractivity (Wildman–Crippen MR) is 248 cm³/mol. The number of hydrogen-bond donors (Lipinski definition) is 0. The number of benzene rings is 6. The van der Waals surface area contributed by atoms with Crippen LogP contribution in [-0.4, -0.2) is 58.5 Å². The molecule has 1 aromatic heterocycles. The van der Waals surface area contributed by atoms with Gasteiger partial charge in [0.1, 0.15) is 12.2 Å². The summed E-state index contributed by atoms with van der Waals surface area (Å²) in [5, 5.41) is 2.97. The molecule has 1 saturated heterocycles. The third kappa shape index (κ3) is 9.57. The number of aromatic nitrogens is 1. The van der Waals surface area contributed by atoms with E-state index in [1.54, 1.807) is 30.5 Å². The highest BCUT2D eigenvalue weighted by atomic mass is 32.2. The van der Waals surface area contributed by atoms with E-state index in [9.17, 15) is 8.42 Å². The van der Waals surface area contributed by atoms with Gasteiger partial charge in [-0.15, -0.1) is 0 Å². The molecule has 0 bridgehead atoms. The van der Waals surface area contributed by atoms with Crippen LogP contribution in [0.5, 0.6) is 0 Å². The average Bonchev–Trinajstić information content (AvgIpc) is 3.69. The van der Waals surface area contributed by atoms with Crippen molar-refractivity contribution in [1.29, 1.82) is 0 Å². The Bertz CT molecular complexity index is 2550. The first kappa shape index (κ1) is 43.5. The molecule has 8 nitrogen and oxygen atoms in total. The van der Waals surface area contributed by atoms with Crippen LogP contribution in [0.4, 0.5) is 0 Å². The van der Waals surface area contributed by atoms with Crippen LogP contribution in [0.2, 0.25) is 5.04 Å². The smallest absolute Gasteiger partial charge is 0.268 e. The zero-order valence-corrected chi connectivity index (χ0v) is 37.4. The minimum atomic E-state index is -3.83. The summed E-state index contributed by atoms with van der Waals surface area (Å²) in [6.45, 7) is 8.10. The second-order valence-corrected chi connectivity index (χ2v) is 22.9. The van der Waals surface area contributed by atoms with Gasteiger partial charge >= 0.3 is 0 Å². The van der Waals surface area contributed by atoms with Crippen LogP contribution in [0, 0.1) is 0 Å². The molecule has 1 fully saturated rings. The van der Waals surface area contributed by atoms with Crippen molar-refractivity contribution in [2.24, 2.45) is 0 Å². The van der Waals surface area contributed by atoms with Crippen molar-refractivity contribution in [2.75, 3.05) is 13.2 Å². The SMILES string of the molecule is CC(C)(C)[Si](OC[C@H]1O[C@H](OCCc2cn(S(=O)(=O)c3ccccc3)c3ccccc23)[C@H](OCc2ccccc2)C[C@@H]1OCc1ccccc1)(c1ccccc1)c1ccccc1. The van der Waals surface area contributed by atoms with Crippen LogP contribution in [0.15, 0.2) is 187 Å². The number of nitrogens with zero attached hydrogens (tertiary/aromatic N) is 1. The molecule has 4 atom stereocenters. The number of ether oxygens (including phenoxy) is 4. The van der Waals surface area contributed by atoms with Gasteiger partial charge in [-0.25, -0.2) is 12.4 Å². The molecule has 6 aromatic carbocycles. The third-order valence-electron chi connectivity index (χ3n) is 11.7. The topological polar surface area (TPSA) is 85.2 Å². The van der Waals surface area contributed by atoms with Gasteiger partial charge in [0.15, 0.2) is 6.29 Å². The van der Waals surface area contributed by atoms with E-state index in [4.69, 9.17) is 23.4 Å². The summed E-state index contributed by atoms with van der Waals surface area (Å²) in [7, 11) is -6.78. The minimum Gasteiger partial charge on any atom is -0.405 e. The highest BCUT2D eigenvalue weighted by Gasteiger charge is 2.51. The standard InChI is InChI=1S/C52H55NO7SSi/c1-52(2,3)62(44-27-15-7-16-28-44,45-29-17-8-18-30-45)59-39-50-48(57-37-40-21-9-4-10-22-40)35-49(58-38-41-23-11-5-12-24-41)51(60-50)56-34-33-42-36-53(47-32-20-19-31-46(42)47)61(54,55)43-25-13-6-14-26-43/h4-32,36,48-51H,33-35,37-39H2,1-3H3/t48-,49+,50+,51-/m0/s1. The van der Waals surface area contributed by atoms with Crippen molar-refractivity contribution >= 4 is 39.6 Å². The van der Waals surface area contributed by atoms with Crippen LogP contribution < -0.4 is 10.4 Å². The van der Waals surface area contributed by atoms with E-state index in [1.165, 1.54) is 14.3 Å². The molecule has 0 N–H and O–H groups in total. The molecule has 0 unspecified atom stereocenters. The maximum absolute atomic E-state index is 13.9. The third-order valence-corrected chi connectivity index (χ3v) is 18.4. The molecular weight excluding hydrogens is 811 g/mol. The van der Waals surface area contributed by atoms with Crippen LogP contribution in [-0.2, 0) is 53.0 Å². The van der Waals surface area contributed by atoms with E-state index < -0.39 is 36.8 Å². The lowest BCUT2D eigenvalue weighted by molar-refractivity contribution is -0.286. The van der Waals surface area contributed by atoms with Crippen molar-refractivity contribution in [3.05, 3.63) is 199 Å². The Morgan fingerprint density at radius 2 is 1.13 bits per heavy atom. The molecule has 0 amide bonds. The number of rotatable bonds is 17. The molecule has 0 saturated carbocycles. The lowest BCUT2D eigenvalue weighted by Crippen LogP contribution is -2.67. The van der Waals surface area contributed by atoms with Crippen molar-refractivity contribution in [1.82, 2.24) is 3.97 Å². The first-order valence-corrected chi connectivity index (χ1v) is 24.7. The zero-order valence-electron chi connectivity index (χ0n) is 35.6. The molecule has 8 rings (SSSR count). The highest BCUT2D eigenvalue weighted by molar-refractivity contribution is 7.90. The summed E-state index contributed by atoms with van der Waals surface area (Å²) >= 11 is 0. The van der Waals surface area contributed by atoms with Gasteiger partial charge in [-0.05, 0) is 56.7 Å². The molecule has 0 radical (unpaired) electrons. The van der Waals surface area contributed by atoms with Crippen LogP contribution in [0.1, 0.15) is 43.9 Å². The summed E-state index contributed by atoms with van der Waals surface area (Å²) in [5.41, 5.74) is 3.57. The second kappa shape index (κ2) is 19.5. The summed E-state index contributed by atoms with van der Waals surface area (Å²) in [6, 6.07) is 57.6. The van der Waals surface area contributed by atoms with Gasteiger partial charge in [-0.1, -0.05) is 178 Å². The quantitative estimate of drug-likeness (QED) is 0.0845. The summed E-state index contributed by atoms with van der Waals surface area (Å²) < 4.78 is 63.8. The monoisotopic (exact) mass is 865 g/mol. The largest absolute Gasteiger partial charge is 0.405 e. The summed E-state index contributed by atoms with van der Waals surface area (Å²) in [4.78, 5) is 0.230.